The second-order valence-corrected chi connectivity index (χ2v) is 13.9. The van der Waals surface area contributed by atoms with Gasteiger partial charge in [0.25, 0.3) is 5.88 Å². The monoisotopic (exact) mass is 669 g/mol. The molecule has 1 unspecified atom stereocenters. The molecule has 2 bridgehead atoms. The summed E-state index contributed by atoms with van der Waals surface area (Å²) in [7, 11) is 0. The van der Waals surface area contributed by atoms with Crippen LogP contribution in [-0.2, 0) is 11.3 Å². The highest BCUT2D eigenvalue weighted by atomic mass is 16.5. The van der Waals surface area contributed by atoms with Crippen LogP contribution in [0, 0.1) is 11.3 Å². The van der Waals surface area contributed by atoms with Crippen LogP contribution < -0.4 is 14.8 Å². The topological polar surface area (TPSA) is 174 Å². The third kappa shape index (κ3) is 7.66. The summed E-state index contributed by atoms with van der Waals surface area (Å²) in [6.45, 7) is 7.50. The molecule has 5 heterocycles. The number of rotatable bonds is 12. The predicted molar refractivity (Wildman–Crippen MR) is 178 cm³/mol. The number of tetrazole rings is 1. The molecule has 2 aliphatic heterocycles. The first-order valence-corrected chi connectivity index (χ1v) is 17.0. The molecule has 2 N–H and O–H groups in total. The maximum absolute atomic E-state index is 10.4. The summed E-state index contributed by atoms with van der Waals surface area (Å²) in [4.78, 5) is 12.0. The Morgan fingerprint density at radius 2 is 1.84 bits per heavy atom. The van der Waals surface area contributed by atoms with E-state index >= 15 is 0 Å². The maximum atomic E-state index is 10.4. The molecule has 4 aromatic rings. The van der Waals surface area contributed by atoms with E-state index in [4.69, 9.17) is 24.3 Å². The highest BCUT2D eigenvalue weighted by molar-refractivity contribution is 5.66. The number of benzene rings is 1. The van der Waals surface area contributed by atoms with Crippen LogP contribution in [0.15, 0.2) is 43.0 Å². The molecule has 3 fully saturated rings. The lowest BCUT2D eigenvalue weighted by atomic mass is 9.89. The van der Waals surface area contributed by atoms with E-state index in [2.05, 4.69) is 36.8 Å². The quantitative estimate of drug-likeness (QED) is 0.222. The summed E-state index contributed by atoms with van der Waals surface area (Å²) in [6.07, 6.45) is 11.6. The Morgan fingerprint density at radius 3 is 2.55 bits per heavy atom. The summed E-state index contributed by atoms with van der Waals surface area (Å²) in [5, 5.41) is 39.5. The van der Waals surface area contributed by atoms with Gasteiger partial charge in [-0.05, 0) is 87.9 Å². The van der Waals surface area contributed by atoms with Crippen molar-refractivity contribution >= 4 is 11.6 Å². The van der Waals surface area contributed by atoms with E-state index in [0.29, 0.717) is 59.2 Å². The van der Waals surface area contributed by atoms with Crippen molar-refractivity contribution in [1.29, 1.82) is 5.26 Å². The molecular formula is C34H43N11O4. The van der Waals surface area contributed by atoms with E-state index in [9.17, 15) is 10.4 Å². The number of nitrogens with one attached hydrogen (secondary N) is 1. The highest BCUT2D eigenvalue weighted by Crippen LogP contribution is 2.39. The summed E-state index contributed by atoms with van der Waals surface area (Å²) in [5.74, 6) is 1.18. The molecule has 15 heteroatoms. The highest BCUT2D eigenvalue weighted by Gasteiger charge is 2.42. The molecule has 1 aromatic carbocycles. The van der Waals surface area contributed by atoms with Crippen LogP contribution in [0.2, 0.25) is 0 Å². The Hall–Kier alpha value is -4.65. The molecule has 0 amide bonds. The number of aliphatic hydroxyl groups is 1. The first-order valence-electron chi connectivity index (χ1n) is 17.0. The van der Waals surface area contributed by atoms with Gasteiger partial charge in [-0.2, -0.15) is 5.26 Å². The van der Waals surface area contributed by atoms with Crippen molar-refractivity contribution in [1.82, 2.24) is 44.9 Å². The van der Waals surface area contributed by atoms with Gasteiger partial charge in [0, 0.05) is 29.9 Å². The molecule has 7 rings (SSSR count). The Kier molecular flexibility index (Phi) is 9.44. The Morgan fingerprint density at radius 1 is 1.08 bits per heavy atom. The van der Waals surface area contributed by atoms with E-state index in [1.165, 1.54) is 19.2 Å². The fourth-order valence-corrected chi connectivity index (χ4v) is 7.23. The van der Waals surface area contributed by atoms with Crippen LogP contribution in [0.3, 0.4) is 0 Å². The van der Waals surface area contributed by atoms with Crippen LogP contribution in [0.1, 0.15) is 70.9 Å². The van der Waals surface area contributed by atoms with Crippen LogP contribution in [0.4, 0.5) is 11.6 Å². The summed E-state index contributed by atoms with van der Waals surface area (Å²) in [5.41, 5.74) is 1.39. The Balaban J connectivity index is 1.07. The van der Waals surface area contributed by atoms with Gasteiger partial charge in [0.2, 0.25) is 5.95 Å². The van der Waals surface area contributed by atoms with Gasteiger partial charge >= 0.3 is 0 Å². The predicted octanol–water partition coefficient (Wildman–Crippen LogP) is 3.91. The molecule has 258 valence electrons. The van der Waals surface area contributed by atoms with Crippen molar-refractivity contribution in [3.63, 3.8) is 0 Å². The number of aromatic nitrogens is 8. The van der Waals surface area contributed by atoms with E-state index in [1.54, 1.807) is 42.9 Å². The maximum Gasteiger partial charge on any atom is 0.257 e. The van der Waals surface area contributed by atoms with E-state index in [0.717, 1.165) is 44.5 Å². The van der Waals surface area contributed by atoms with Gasteiger partial charge in [0.1, 0.15) is 36.5 Å². The van der Waals surface area contributed by atoms with Crippen LogP contribution >= 0.6 is 0 Å². The molecule has 3 aromatic heterocycles. The number of hydrogen-bond acceptors (Lipinski definition) is 13. The minimum atomic E-state index is -1.04. The van der Waals surface area contributed by atoms with Gasteiger partial charge in [0.05, 0.1) is 48.9 Å². The standard InChI is InChI=1S/C34H43N11O4/c1-22(16-43-21-37-41-42-43)49-31-14-23(4-5-24(31)15-35)29-12-13-36-33(38-29)39-30-17-44(40-32(30)48-20-34(2,3)46)25-6-8-26(9-7-25)45-27-10-11-28(45)19-47-18-27/h4-5,12-14,17,21-22,25-28,46H,6-11,16,18-20H2,1-3H3,(H,36,38,39)/t22?,25?,26?,27-,28+. The number of nitrogens with zero attached hydrogens (tertiary/aromatic N) is 10. The van der Waals surface area contributed by atoms with Gasteiger partial charge in [-0.25, -0.2) is 14.6 Å². The zero-order valence-electron chi connectivity index (χ0n) is 28.1. The van der Waals surface area contributed by atoms with E-state index in [-0.39, 0.29) is 18.8 Å². The lowest BCUT2D eigenvalue weighted by Gasteiger charge is -2.43. The van der Waals surface area contributed by atoms with Gasteiger partial charge in [0.15, 0.2) is 0 Å². The molecular weight excluding hydrogens is 626 g/mol. The second kappa shape index (κ2) is 14.1. The van der Waals surface area contributed by atoms with Crippen molar-refractivity contribution in [2.75, 3.05) is 25.1 Å². The first kappa shape index (κ1) is 32.9. The van der Waals surface area contributed by atoms with Crippen LogP contribution in [0.5, 0.6) is 11.6 Å². The molecule has 1 aliphatic carbocycles. The number of nitriles is 1. The van der Waals surface area contributed by atoms with Gasteiger partial charge in [-0.15, -0.1) is 10.2 Å². The smallest absolute Gasteiger partial charge is 0.257 e. The molecule has 0 radical (unpaired) electrons. The molecule has 15 nitrogen and oxygen atoms in total. The van der Waals surface area contributed by atoms with Crippen molar-refractivity contribution in [3.05, 3.63) is 48.5 Å². The normalized spacial score (nSPS) is 23.2. The van der Waals surface area contributed by atoms with Crippen molar-refractivity contribution < 1.29 is 19.3 Å². The Bertz CT molecular complexity index is 1740. The molecule has 0 spiro atoms. The molecule has 49 heavy (non-hydrogen) atoms. The van der Waals surface area contributed by atoms with E-state index in [1.807, 2.05) is 23.9 Å². The third-order valence-electron chi connectivity index (χ3n) is 9.48. The third-order valence-corrected chi connectivity index (χ3v) is 9.48. The average Bonchev–Trinajstić information content (AvgIpc) is 3.81. The SMILES string of the molecule is CC(Cn1cnnn1)Oc1cc(-c2ccnc(Nc3cn(C4CCC(N5[C@@H]6CC[C@H]5COC6)CC4)nc3OCC(C)(C)O)n2)ccc1C#N. The average molecular weight is 670 g/mol. The minimum absolute atomic E-state index is 0.0754. The molecule has 3 atom stereocenters. The lowest BCUT2D eigenvalue weighted by Crippen LogP contribution is -2.52. The van der Waals surface area contributed by atoms with E-state index < -0.39 is 5.60 Å². The van der Waals surface area contributed by atoms with Gasteiger partial charge in [-0.1, -0.05) is 6.07 Å². The van der Waals surface area contributed by atoms with Gasteiger partial charge < -0.3 is 24.6 Å². The number of hydrogen-bond donors (Lipinski definition) is 2. The second-order valence-electron chi connectivity index (χ2n) is 13.9. The number of anilines is 2. The van der Waals surface area contributed by atoms with Crippen LogP contribution in [-0.4, -0.2) is 99.6 Å². The summed E-state index contributed by atoms with van der Waals surface area (Å²) < 4.78 is 21.6. The zero-order chi connectivity index (χ0) is 34.0. The first-order chi connectivity index (χ1) is 23.7. The number of ether oxygens (including phenoxy) is 3. The van der Waals surface area contributed by atoms with Crippen molar-refractivity contribution in [2.24, 2.45) is 0 Å². The minimum Gasteiger partial charge on any atom is -0.487 e. The fraction of sp³-hybridized carbons (Fsp3) is 0.559. The largest absolute Gasteiger partial charge is 0.487 e. The number of fused-ring (bicyclic) bond motifs is 2. The van der Waals surface area contributed by atoms with Crippen molar-refractivity contribution in [3.8, 4) is 29.0 Å². The van der Waals surface area contributed by atoms with Gasteiger partial charge in [-0.3, -0.25) is 9.58 Å². The molecule has 1 saturated carbocycles. The molecule has 3 aliphatic rings. The number of morpholine rings is 1. The fourth-order valence-electron chi connectivity index (χ4n) is 7.23. The Labute approximate surface area is 285 Å². The molecule has 2 saturated heterocycles. The zero-order valence-corrected chi connectivity index (χ0v) is 28.1. The summed E-state index contributed by atoms with van der Waals surface area (Å²) in [6, 6.07) is 11.3. The lowest BCUT2D eigenvalue weighted by molar-refractivity contribution is -0.0458. The van der Waals surface area contributed by atoms with Crippen molar-refractivity contribution in [2.45, 2.75) is 102 Å². The summed E-state index contributed by atoms with van der Waals surface area (Å²) >= 11 is 0. The van der Waals surface area contributed by atoms with Crippen LogP contribution in [0.25, 0.3) is 11.3 Å².